The summed E-state index contributed by atoms with van der Waals surface area (Å²) in [5, 5.41) is 9.88. The molecular weight excluding hydrogens is 196 g/mol. The van der Waals surface area contributed by atoms with E-state index in [0.717, 1.165) is 0 Å². The highest BCUT2D eigenvalue weighted by molar-refractivity contribution is 5.82. The van der Waals surface area contributed by atoms with Gasteiger partial charge in [0.15, 0.2) is 17.3 Å². The maximum Gasteiger partial charge on any atom is 0.250 e. The fourth-order valence-electron chi connectivity index (χ4n) is 1.60. The molecule has 80 valence electrons. The molecule has 0 amide bonds. The third kappa shape index (κ3) is 1.68. The second kappa shape index (κ2) is 3.24. The van der Waals surface area contributed by atoms with Crippen LogP contribution in [0.3, 0.4) is 0 Å². The van der Waals surface area contributed by atoms with E-state index in [-0.39, 0.29) is 5.78 Å². The van der Waals surface area contributed by atoms with Crippen LogP contribution in [0, 0.1) is 0 Å². The zero-order valence-corrected chi connectivity index (χ0v) is 8.56. The number of ketones is 1. The van der Waals surface area contributed by atoms with E-state index in [1.54, 1.807) is 24.3 Å². The first-order chi connectivity index (χ1) is 7.00. The Balaban J connectivity index is 2.40. The molecule has 1 aliphatic heterocycles. The molecule has 0 saturated carbocycles. The molecule has 2 unspecified atom stereocenters. The molecule has 4 heteroatoms. The molecule has 1 N–H and O–H groups in total. The first kappa shape index (κ1) is 9.98. The van der Waals surface area contributed by atoms with Crippen LogP contribution in [0.2, 0.25) is 0 Å². The van der Waals surface area contributed by atoms with E-state index >= 15 is 0 Å². The SMILES string of the molecule is CC(=O)C1Oc2ccccc2OC1(C)O. The van der Waals surface area contributed by atoms with Crippen molar-refractivity contribution in [2.75, 3.05) is 0 Å². The number of para-hydroxylation sites is 2. The van der Waals surface area contributed by atoms with Gasteiger partial charge in [-0.1, -0.05) is 12.1 Å². The smallest absolute Gasteiger partial charge is 0.250 e. The number of rotatable bonds is 1. The van der Waals surface area contributed by atoms with Gasteiger partial charge in [-0.2, -0.15) is 0 Å². The summed E-state index contributed by atoms with van der Waals surface area (Å²) in [6.45, 7) is 2.77. The molecule has 0 aromatic heterocycles. The Hall–Kier alpha value is -1.55. The van der Waals surface area contributed by atoms with E-state index in [1.165, 1.54) is 13.8 Å². The molecule has 4 nitrogen and oxygen atoms in total. The van der Waals surface area contributed by atoms with Crippen LogP contribution in [0.1, 0.15) is 13.8 Å². The first-order valence-electron chi connectivity index (χ1n) is 4.68. The molecule has 0 fully saturated rings. The Kier molecular flexibility index (Phi) is 2.16. The van der Waals surface area contributed by atoms with Crippen LogP contribution in [0.5, 0.6) is 11.5 Å². The van der Waals surface area contributed by atoms with Gasteiger partial charge in [-0.3, -0.25) is 4.79 Å². The number of carbonyl (C=O) groups excluding carboxylic acids is 1. The minimum absolute atomic E-state index is 0.269. The Morgan fingerprint density at radius 3 is 2.60 bits per heavy atom. The molecule has 1 heterocycles. The molecule has 1 aromatic carbocycles. The zero-order chi connectivity index (χ0) is 11.1. The molecule has 0 bridgehead atoms. The third-order valence-electron chi connectivity index (χ3n) is 2.27. The molecule has 15 heavy (non-hydrogen) atoms. The summed E-state index contributed by atoms with van der Waals surface area (Å²) >= 11 is 0. The van der Waals surface area contributed by atoms with E-state index in [1.807, 2.05) is 0 Å². The van der Waals surface area contributed by atoms with Gasteiger partial charge in [0.2, 0.25) is 11.9 Å². The Bertz CT molecular complexity index is 397. The van der Waals surface area contributed by atoms with Gasteiger partial charge in [0.25, 0.3) is 0 Å². The number of ether oxygens (including phenoxy) is 2. The van der Waals surface area contributed by atoms with Gasteiger partial charge in [0, 0.05) is 6.92 Å². The fourth-order valence-corrected chi connectivity index (χ4v) is 1.60. The van der Waals surface area contributed by atoms with Crippen LogP contribution in [0.4, 0.5) is 0 Å². The van der Waals surface area contributed by atoms with Crippen molar-refractivity contribution in [2.45, 2.75) is 25.7 Å². The van der Waals surface area contributed by atoms with Gasteiger partial charge in [-0.15, -0.1) is 0 Å². The van der Waals surface area contributed by atoms with Crippen LogP contribution >= 0.6 is 0 Å². The number of fused-ring (bicyclic) bond motifs is 1. The molecule has 1 aliphatic rings. The highest BCUT2D eigenvalue weighted by atomic mass is 16.7. The van der Waals surface area contributed by atoms with Gasteiger partial charge in [-0.05, 0) is 19.1 Å². The Morgan fingerprint density at radius 1 is 1.40 bits per heavy atom. The van der Waals surface area contributed by atoms with Crippen molar-refractivity contribution in [1.82, 2.24) is 0 Å². The van der Waals surface area contributed by atoms with E-state index in [0.29, 0.717) is 11.5 Å². The first-order valence-corrected chi connectivity index (χ1v) is 4.68. The molecular formula is C11H12O4. The van der Waals surface area contributed by atoms with Gasteiger partial charge in [-0.25, -0.2) is 0 Å². The van der Waals surface area contributed by atoms with Crippen LogP contribution < -0.4 is 9.47 Å². The number of hydrogen-bond donors (Lipinski definition) is 1. The molecule has 0 spiro atoms. The predicted molar refractivity (Wildman–Crippen MR) is 52.8 cm³/mol. The molecule has 0 aliphatic carbocycles. The number of Topliss-reactive ketones (excluding diaryl/α,β-unsaturated/α-hetero) is 1. The number of carbonyl (C=O) groups is 1. The van der Waals surface area contributed by atoms with Gasteiger partial charge < -0.3 is 14.6 Å². The molecule has 0 saturated heterocycles. The molecule has 0 radical (unpaired) electrons. The minimum Gasteiger partial charge on any atom is -0.472 e. The van der Waals surface area contributed by atoms with Crippen LogP contribution in [0.25, 0.3) is 0 Å². The summed E-state index contributed by atoms with van der Waals surface area (Å²) in [5.74, 6) is -0.959. The van der Waals surface area contributed by atoms with Crippen molar-refractivity contribution in [1.29, 1.82) is 0 Å². The normalized spacial score (nSPS) is 28.6. The number of hydrogen-bond acceptors (Lipinski definition) is 4. The number of aliphatic hydroxyl groups is 1. The molecule has 2 atom stereocenters. The van der Waals surface area contributed by atoms with Gasteiger partial charge in [0.1, 0.15) is 0 Å². The van der Waals surface area contributed by atoms with Crippen molar-refractivity contribution in [3.8, 4) is 11.5 Å². The van der Waals surface area contributed by atoms with Crippen molar-refractivity contribution >= 4 is 5.78 Å². The lowest BCUT2D eigenvalue weighted by Gasteiger charge is -2.36. The Labute approximate surface area is 87.4 Å². The molecule has 1 aromatic rings. The summed E-state index contributed by atoms with van der Waals surface area (Å²) < 4.78 is 10.7. The quantitative estimate of drug-likeness (QED) is 0.751. The average molecular weight is 208 g/mol. The summed E-state index contributed by atoms with van der Waals surface area (Å²) in [5.41, 5.74) is 0. The lowest BCUT2D eigenvalue weighted by atomic mass is 10.1. The minimum atomic E-state index is -1.61. The summed E-state index contributed by atoms with van der Waals surface area (Å²) in [6, 6.07) is 6.92. The monoisotopic (exact) mass is 208 g/mol. The second-order valence-electron chi connectivity index (χ2n) is 3.71. The predicted octanol–water partition coefficient (Wildman–Crippen LogP) is 1.12. The average Bonchev–Trinajstić information content (AvgIpc) is 2.14. The number of benzene rings is 1. The third-order valence-corrected chi connectivity index (χ3v) is 2.27. The fraction of sp³-hybridized carbons (Fsp3) is 0.364. The largest absolute Gasteiger partial charge is 0.472 e. The van der Waals surface area contributed by atoms with E-state index in [2.05, 4.69) is 0 Å². The zero-order valence-electron chi connectivity index (χ0n) is 8.56. The van der Waals surface area contributed by atoms with Crippen LogP contribution in [-0.4, -0.2) is 22.8 Å². The van der Waals surface area contributed by atoms with E-state index in [4.69, 9.17) is 9.47 Å². The van der Waals surface area contributed by atoms with E-state index in [9.17, 15) is 9.90 Å². The van der Waals surface area contributed by atoms with Gasteiger partial charge in [0.05, 0.1) is 0 Å². The topological polar surface area (TPSA) is 55.8 Å². The highest BCUT2D eigenvalue weighted by Gasteiger charge is 2.43. The second-order valence-corrected chi connectivity index (χ2v) is 3.71. The molecule has 2 rings (SSSR count). The van der Waals surface area contributed by atoms with E-state index < -0.39 is 11.9 Å². The summed E-state index contributed by atoms with van der Waals surface area (Å²) in [7, 11) is 0. The standard InChI is InChI=1S/C11H12O4/c1-7(12)10-11(2,13)15-9-6-4-3-5-8(9)14-10/h3-6,10,13H,1-2H3. The van der Waals surface area contributed by atoms with Crippen LogP contribution in [-0.2, 0) is 4.79 Å². The van der Waals surface area contributed by atoms with Crippen molar-refractivity contribution < 1.29 is 19.4 Å². The maximum absolute atomic E-state index is 11.3. The lowest BCUT2D eigenvalue weighted by molar-refractivity contribution is -0.199. The Morgan fingerprint density at radius 2 is 2.00 bits per heavy atom. The van der Waals surface area contributed by atoms with Gasteiger partial charge >= 0.3 is 0 Å². The van der Waals surface area contributed by atoms with Crippen molar-refractivity contribution in [3.63, 3.8) is 0 Å². The highest BCUT2D eigenvalue weighted by Crippen LogP contribution is 2.36. The van der Waals surface area contributed by atoms with Crippen molar-refractivity contribution in [3.05, 3.63) is 24.3 Å². The maximum atomic E-state index is 11.3. The van der Waals surface area contributed by atoms with Crippen LogP contribution in [0.15, 0.2) is 24.3 Å². The lowest BCUT2D eigenvalue weighted by Crippen LogP contribution is -2.54. The summed E-state index contributed by atoms with van der Waals surface area (Å²) in [6.07, 6.45) is -0.979. The summed E-state index contributed by atoms with van der Waals surface area (Å²) in [4.78, 5) is 11.3. The van der Waals surface area contributed by atoms with Crippen molar-refractivity contribution in [2.24, 2.45) is 0 Å².